The first kappa shape index (κ1) is 40.2. The monoisotopic (exact) mass is 813 g/mol. The number of phenols is 2. The van der Waals surface area contributed by atoms with Gasteiger partial charge >= 0.3 is 5.97 Å². The third kappa shape index (κ3) is 7.34. The molecule has 1 aromatic heterocycles. The lowest BCUT2D eigenvalue weighted by Crippen LogP contribution is -2.51. The number of carbonyl (C=O) groups is 2. The molecule has 8 atom stereocenters. The van der Waals surface area contributed by atoms with Crippen molar-refractivity contribution in [3.63, 3.8) is 0 Å². The van der Waals surface area contributed by atoms with Gasteiger partial charge in [0, 0.05) is 42.2 Å². The number of benzene rings is 3. The van der Waals surface area contributed by atoms with Crippen LogP contribution >= 0.6 is 0 Å². The van der Waals surface area contributed by atoms with Crippen LogP contribution in [0.15, 0.2) is 60.7 Å². The molecule has 5 N–H and O–H groups in total. The summed E-state index contributed by atoms with van der Waals surface area (Å²) < 4.78 is 17.0. The average molecular weight is 814 g/mol. The van der Waals surface area contributed by atoms with Crippen molar-refractivity contribution in [1.29, 1.82) is 0 Å². The quantitative estimate of drug-likeness (QED) is 0.0998. The number of aliphatic hydroxyl groups excluding tert-OH is 2. The number of aliphatic hydroxyl groups is 2. The first-order chi connectivity index (χ1) is 29.1. The zero-order chi connectivity index (χ0) is 41.7. The first-order valence-electron chi connectivity index (χ1n) is 21.7. The Balaban J connectivity index is 1.22. The molecule has 2 bridgehead atoms. The molecule has 3 aromatic carbocycles. The van der Waals surface area contributed by atoms with Crippen LogP contribution in [0.5, 0.6) is 23.0 Å². The number of aromatic nitrogens is 1. The minimum atomic E-state index is -1.24. The summed E-state index contributed by atoms with van der Waals surface area (Å²) in [7, 11) is 2.99. The molecule has 10 heteroatoms. The summed E-state index contributed by atoms with van der Waals surface area (Å²) in [6.45, 7) is 0. The number of esters is 1. The second kappa shape index (κ2) is 16.3. The minimum Gasteiger partial charge on any atom is -0.504 e. The number of ketones is 1. The number of hydrogen-bond acceptors (Lipinski definition) is 9. The van der Waals surface area contributed by atoms with Gasteiger partial charge in [0.05, 0.1) is 32.1 Å². The van der Waals surface area contributed by atoms with Crippen molar-refractivity contribution in [3.8, 4) is 34.8 Å². The molecule has 9 rings (SSSR count). The summed E-state index contributed by atoms with van der Waals surface area (Å²) in [6.07, 6.45) is 7.64. The van der Waals surface area contributed by atoms with Crippen molar-refractivity contribution in [2.45, 2.75) is 108 Å². The standard InChI is InChI=1S/C50H55NO9/c1-58-44-20-28(13-16-41(44)54)19-42(55)46-24-31(53)22-37-36-26-45(59-2)43(56)25-35(36)38(49-33(10-4-6-12-47(57)60-46)32-9-3-5-11-40(32)51-49)21-29-27-50(17-7-8-18-50)39-23-30(52)14-15-34(39)48(29)37/h3,5,9,11,13,16,20-21,25-26,29-30,34,37,39,42,46,48,51-52,54-56H,7-8,10,12,14-15,17-19,22-24,27H2,1-2H3. The third-order valence-corrected chi connectivity index (χ3v) is 14.8. The van der Waals surface area contributed by atoms with E-state index in [2.05, 4.69) is 35.0 Å². The molecule has 5 aliphatic rings. The van der Waals surface area contributed by atoms with Crippen molar-refractivity contribution in [2.75, 3.05) is 14.2 Å². The lowest BCUT2D eigenvalue weighted by Gasteiger charge is -2.57. The van der Waals surface area contributed by atoms with E-state index in [1.165, 1.54) is 33.1 Å². The summed E-state index contributed by atoms with van der Waals surface area (Å²) in [5.41, 5.74) is 6.30. The van der Waals surface area contributed by atoms with Crippen LogP contribution in [0, 0.1) is 40.9 Å². The molecule has 60 heavy (non-hydrogen) atoms. The fourth-order valence-electron chi connectivity index (χ4n) is 12.2. The Morgan fingerprint density at radius 3 is 2.50 bits per heavy atom. The predicted molar refractivity (Wildman–Crippen MR) is 227 cm³/mol. The smallest absolute Gasteiger partial charge is 0.318 e. The van der Waals surface area contributed by atoms with E-state index < -0.39 is 18.2 Å². The van der Waals surface area contributed by atoms with Gasteiger partial charge in [-0.2, -0.15) is 0 Å². The summed E-state index contributed by atoms with van der Waals surface area (Å²) >= 11 is 0. The number of cyclic esters (lactones) is 1. The molecular formula is C50H55NO9. The number of nitrogens with one attached hydrogen (secondary N) is 1. The van der Waals surface area contributed by atoms with E-state index in [1.54, 1.807) is 18.2 Å². The fourth-order valence-corrected chi connectivity index (χ4v) is 12.2. The Hall–Kier alpha value is -5.24. The highest BCUT2D eigenvalue weighted by Crippen LogP contribution is 2.66. The number of hydrogen-bond donors (Lipinski definition) is 5. The number of H-pyrrole nitrogens is 1. The van der Waals surface area contributed by atoms with Crippen LogP contribution in [-0.2, 0) is 27.2 Å². The van der Waals surface area contributed by atoms with Gasteiger partial charge in [-0.05, 0) is 126 Å². The second-order valence-corrected chi connectivity index (χ2v) is 18.0. The number of phenolic OH excluding ortho intramolecular Hbond substituents is 2. The predicted octanol–water partition coefficient (Wildman–Crippen LogP) is 7.91. The first-order valence-corrected chi connectivity index (χ1v) is 21.7. The van der Waals surface area contributed by atoms with E-state index in [0.29, 0.717) is 30.1 Å². The van der Waals surface area contributed by atoms with Gasteiger partial charge in [-0.15, -0.1) is 0 Å². The summed E-state index contributed by atoms with van der Waals surface area (Å²) in [5, 5.41) is 45.7. The Morgan fingerprint density at radius 1 is 0.933 bits per heavy atom. The van der Waals surface area contributed by atoms with Gasteiger partial charge in [-0.1, -0.05) is 55.0 Å². The number of allylic oxidation sites excluding steroid dienone is 1. The normalized spacial score (nSPS) is 27.9. The highest BCUT2D eigenvalue weighted by atomic mass is 16.6. The van der Waals surface area contributed by atoms with Crippen molar-refractivity contribution >= 4 is 28.2 Å². The van der Waals surface area contributed by atoms with Crippen LogP contribution in [0.4, 0.5) is 0 Å². The van der Waals surface area contributed by atoms with E-state index in [0.717, 1.165) is 71.0 Å². The Kier molecular flexibility index (Phi) is 10.9. The molecule has 314 valence electrons. The molecule has 3 saturated carbocycles. The number of Topliss-reactive ketones (excluding diaryl/α,β-unsaturated/α-hetero) is 1. The number of carbonyl (C=O) groups excluding carboxylic acids is 2. The Labute approximate surface area is 351 Å². The van der Waals surface area contributed by atoms with Crippen molar-refractivity contribution < 1.29 is 44.2 Å². The highest BCUT2D eigenvalue weighted by molar-refractivity contribution is 5.94. The van der Waals surface area contributed by atoms with Gasteiger partial charge in [0.2, 0.25) is 0 Å². The number of rotatable bonds is 5. The Bertz CT molecular complexity index is 2390. The molecule has 4 aromatic rings. The van der Waals surface area contributed by atoms with E-state index in [1.807, 2.05) is 18.2 Å². The molecule has 1 aliphatic heterocycles. The molecule has 2 heterocycles. The summed E-state index contributed by atoms with van der Waals surface area (Å²) in [4.78, 5) is 32.1. The van der Waals surface area contributed by atoms with Gasteiger partial charge in [0.25, 0.3) is 0 Å². The van der Waals surface area contributed by atoms with Crippen molar-refractivity contribution in [3.05, 3.63) is 88.6 Å². The number of methoxy groups -OCH3 is 2. The van der Waals surface area contributed by atoms with E-state index >= 15 is 0 Å². The fraction of sp³-hybridized carbons (Fsp3) is 0.480. The minimum absolute atomic E-state index is 0.0100. The maximum absolute atomic E-state index is 14.8. The van der Waals surface area contributed by atoms with Crippen LogP contribution in [0.2, 0.25) is 0 Å². The van der Waals surface area contributed by atoms with Crippen LogP contribution in [-0.4, -0.2) is 69.7 Å². The van der Waals surface area contributed by atoms with Gasteiger partial charge in [-0.3, -0.25) is 9.59 Å². The van der Waals surface area contributed by atoms with Crippen molar-refractivity contribution in [1.82, 2.24) is 4.98 Å². The van der Waals surface area contributed by atoms with E-state index in [9.17, 15) is 30.0 Å². The largest absolute Gasteiger partial charge is 0.504 e. The number of aromatic hydroxyl groups is 2. The molecule has 3 fully saturated rings. The topological polar surface area (TPSA) is 159 Å². The maximum atomic E-state index is 14.8. The van der Waals surface area contributed by atoms with Gasteiger partial charge < -0.3 is 39.6 Å². The Morgan fingerprint density at radius 2 is 1.70 bits per heavy atom. The lowest BCUT2D eigenvalue weighted by atomic mass is 9.48. The number of ether oxygens (including phenoxy) is 3. The SMILES string of the molecule is COc1cc(CC(O)C2CC(=O)CC3c4cc(OC)c(O)cc4C(=CC4CC5(CCCC5)C5CC(O)CCC5C43)c3[nH]c4ccccc4c3CC#CCC(=O)O2)ccc1O. The number of fused-ring (bicyclic) bond motifs is 9. The van der Waals surface area contributed by atoms with Crippen LogP contribution in [0.1, 0.15) is 104 Å². The van der Waals surface area contributed by atoms with Crippen molar-refractivity contribution in [2.24, 2.45) is 29.1 Å². The molecule has 0 amide bonds. The van der Waals surface area contributed by atoms with Crippen LogP contribution in [0.3, 0.4) is 0 Å². The van der Waals surface area contributed by atoms with Gasteiger partial charge in [0.1, 0.15) is 18.3 Å². The highest BCUT2D eigenvalue weighted by Gasteiger charge is 2.57. The molecule has 1 spiro atoms. The van der Waals surface area contributed by atoms with Crippen LogP contribution < -0.4 is 9.47 Å². The zero-order valence-corrected chi connectivity index (χ0v) is 34.4. The number of aromatic amines is 1. The molecule has 0 radical (unpaired) electrons. The second-order valence-electron chi connectivity index (χ2n) is 18.0. The summed E-state index contributed by atoms with van der Waals surface area (Å²) in [5.74, 6) is 6.38. The van der Waals surface area contributed by atoms with Gasteiger partial charge in [0.15, 0.2) is 23.0 Å². The summed E-state index contributed by atoms with van der Waals surface area (Å²) in [6, 6.07) is 16.6. The maximum Gasteiger partial charge on any atom is 0.318 e. The lowest BCUT2D eigenvalue weighted by molar-refractivity contribution is -0.155. The van der Waals surface area contributed by atoms with Gasteiger partial charge in [-0.25, -0.2) is 0 Å². The van der Waals surface area contributed by atoms with Crippen LogP contribution in [0.25, 0.3) is 16.5 Å². The van der Waals surface area contributed by atoms with E-state index in [4.69, 9.17) is 14.2 Å². The molecular weight excluding hydrogens is 759 g/mol. The number of para-hydroxylation sites is 1. The average Bonchev–Trinajstić information content (AvgIpc) is 3.83. The molecule has 10 nitrogen and oxygen atoms in total. The van der Waals surface area contributed by atoms with E-state index in [-0.39, 0.29) is 83.9 Å². The third-order valence-electron chi connectivity index (χ3n) is 14.8. The zero-order valence-electron chi connectivity index (χ0n) is 34.4. The molecule has 4 aliphatic carbocycles. The molecule has 8 unspecified atom stereocenters. The molecule has 0 saturated heterocycles.